The first-order valence-corrected chi connectivity index (χ1v) is 8.27. The average Bonchev–Trinajstić information content (AvgIpc) is 2.92. The zero-order valence-electron chi connectivity index (χ0n) is 11.7. The van der Waals surface area contributed by atoms with E-state index < -0.39 is 10.2 Å². The molecule has 2 aromatic rings. The molecule has 0 aliphatic carbocycles. The first-order chi connectivity index (χ1) is 10.1. The summed E-state index contributed by atoms with van der Waals surface area (Å²) in [7, 11) is -1.70. The van der Waals surface area contributed by atoms with Crippen LogP contribution in [0.2, 0.25) is 0 Å². The average molecular weight is 301 g/mol. The highest BCUT2D eigenvalue weighted by Gasteiger charge is 2.39. The third-order valence-electron chi connectivity index (χ3n) is 4.16. The molecule has 0 spiro atoms. The molecule has 1 aromatic carbocycles. The fraction of sp³-hybridized carbons (Fsp3) is 0.267. The Bertz CT molecular complexity index is 818. The minimum Gasteiger partial charge on any atom is -0.264 e. The van der Waals surface area contributed by atoms with Crippen LogP contribution in [-0.2, 0) is 23.2 Å². The Morgan fingerprint density at radius 3 is 2.76 bits per heavy atom. The molecule has 0 N–H and O–H groups in total. The second kappa shape index (κ2) is 4.29. The van der Waals surface area contributed by atoms with Crippen LogP contribution in [0.15, 0.2) is 36.7 Å². The van der Waals surface area contributed by atoms with Crippen molar-refractivity contribution in [3.8, 4) is 11.1 Å². The van der Waals surface area contributed by atoms with Gasteiger partial charge in [0.25, 0.3) is 0 Å². The number of nitrogens with zero attached hydrogens (tertiary/aromatic N) is 3. The lowest BCUT2D eigenvalue weighted by atomic mass is 9.99. The predicted octanol–water partition coefficient (Wildman–Crippen LogP) is 1.80. The van der Waals surface area contributed by atoms with E-state index in [4.69, 9.17) is 0 Å². The molecule has 0 unspecified atom stereocenters. The Labute approximate surface area is 124 Å². The van der Waals surface area contributed by atoms with Crippen LogP contribution in [0.4, 0.5) is 5.69 Å². The Kier molecular flexibility index (Phi) is 2.61. The van der Waals surface area contributed by atoms with E-state index in [0.29, 0.717) is 13.1 Å². The van der Waals surface area contributed by atoms with Crippen LogP contribution in [0.25, 0.3) is 11.1 Å². The SMILES string of the molecule is CN1Cc2cc(-c3cccnc3)cc3c2N(CC3)S1(=O)=O. The number of aromatic nitrogens is 1. The molecule has 5 nitrogen and oxygen atoms in total. The molecule has 0 amide bonds. The zero-order chi connectivity index (χ0) is 14.6. The highest BCUT2D eigenvalue weighted by Crippen LogP contribution is 2.41. The maximum absolute atomic E-state index is 12.3. The standard InChI is InChI=1S/C15H15N3O2S/c1-17-10-14-8-13(12-3-2-5-16-9-12)7-11-4-6-18(15(11)14)21(17,19)20/h2-3,5,7-9H,4,6,10H2,1H3. The van der Waals surface area contributed by atoms with E-state index in [0.717, 1.165) is 34.4 Å². The van der Waals surface area contributed by atoms with E-state index in [2.05, 4.69) is 17.1 Å². The number of hydrogen-bond acceptors (Lipinski definition) is 3. The molecule has 0 fully saturated rings. The summed E-state index contributed by atoms with van der Waals surface area (Å²) in [6, 6.07) is 8.12. The molecule has 0 bridgehead atoms. The lowest BCUT2D eigenvalue weighted by molar-refractivity contribution is 0.456. The highest BCUT2D eigenvalue weighted by atomic mass is 32.2. The first-order valence-electron chi connectivity index (χ1n) is 6.87. The number of hydrogen-bond donors (Lipinski definition) is 0. The molecule has 0 saturated heterocycles. The largest absolute Gasteiger partial charge is 0.304 e. The lowest BCUT2D eigenvalue weighted by Gasteiger charge is -2.33. The molecule has 0 radical (unpaired) electrons. The molecule has 0 atom stereocenters. The topological polar surface area (TPSA) is 53.5 Å². The molecule has 1 aromatic heterocycles. The minimum absolute atomic E-state index is 0.426. The van der Waals surface area contributed by atoms with Gasteiger partial charge in [0.05, 0.1) is 5.69 Å². The van der Waals surface area contributed by atoms with Crippen LogP contribution >= 0.6 is 0 Å². The van der Waals surface area contributed by atoms with Gasteiger partial charge in [0.15, 0.2) is 0 Å². The molecular weight excluding hydrogens is 286 g/mol. The third kappa shape index (κ3) is 1.79. The quantitative estimate of drug-likeness (QED) is 0.807. The van der Waals surface area contributed by atoms with Gasteiger partial charge in [-0.05, 0) is 41.3 Å². The van der Waals surface area contributed by atoms with Crippen LogP contribution < -0.4 is 4.31 Å². The first kappa shape index (κ1) is 12.8. The van der Waals surface area contributed by atoms with Crippen LogP contribution in [-0.4, -0.2) is 31.3 Å². The third-order valence-corrected chi connectivity index (χ3v) is 6.00. The van der Waals surface area contributed by atoms with Gasteiger partial charge in [0.1, 0.15) is 0 Å². The fourth-order valence-corrected chi connectivity index (χ4v) is 4.57. The summed E-state index contributed by atoms with van der Waals surface area (Å²) >= 11 is 0. The Morgan fingerprint density at radius 1 is 1.19 bits per heavy atom. The summed E-state index contributed by atoms with van der Waals surface area (Å²) in [6.07, 6.45) is 4.36. The van der Waals surface area contributed by atoms with Gasteiger partial charge < -0.3 is 0 Å². The Balaban J connectivity index is 1.92. The van der Waals surface area contributed by atoms with Crippen molar-refractivity contribution >= 4 is 15.9 Å². The van der Waals surface area contributed by atoms with Gasteiger partial charge >= 0.3 is 10.2 Å². The monoisotopic (exact) mass is 301 g/mol. The van der Waals surface area contributed by atoms with Crippen LogP contribution in [0, 0.1) is 0 Å². The van der Waals surface area contributed by atoms with Gasteiger partial charge in [0.2, 0.25) is 0 Å². The van der Waals surface area contributed by atoms with E-state index in [1.165, 1.54) is 8.61 Å². The summed E-state index contributed by atoms with van der Waals surface area (Å²) < 4.78 is 27.6. The van der Waals surface area contributed by atoms with Crippen molar-refractivity contribution in [1.82, 2.24) is 9.29 Å². The minimum atomic E-state index is -3.34. The zero-order valence-corrected chi connectivity index (χ0v) is 12.5. The molecule has 0 saturated carbocycles. The molecule has 21 heavy (non-hydrogen) atoms. The van der Waals surface area contributed by atoms with E-state index in [1.54, 1.807) is 13.2 Å². The van der Waals surface area contributed by atoms with Gasteiger partial charge in [-0.1, -0.05) is 6.07 Å². The molecule has 108 valence electrons. The molecule has 4 rings (SSSR count). The fourth-order valence-electron chi connectivity index (χ4n) is 3.15. The van der Waals surface area contributed by atoms with Crippen molar-refractivity contribution in [2.75, 3.05) is 17.9 Å². The van der Waals surface area contributed by atoms with Gasteiger partial charge in [-0.2, -0.15) is 12.7 Å². The molecule has 2 aliphatic rings. The predicted molar refractivity (Wildman–Crippen MR) is 81.1 cm³/mol. The number of benzene rings is 1. The number of pyridine rings is 1. The van der Waals surface area contributed by atoms with E-state index in [-0.39, 0.29) is 0 Å². The van der Waals surface area contributed by atoms with Crippen LogP contribution in [0.1, 0.15) is 11.1 Å². The number of rotatable bonds is 1. The highest BCUT2D eigenvalue weighted by molar-refractivity contribution is 7.90. The van der Waals surface area contributed by atoms with Crippen molar-refractivity contribution < 1.29 is 8.42 Å². The summed E-state index contributed by atoms with van der Waals surface area (Å²) in [5, 5.41) is 0. The molecule has 3 heterocycles. The molecular formula is C15H15N3O2S. The Morgan fingerprint density at radius 2 is 2.00 bits per heavy atom. The van der Waals surface area contributed by atoms with Gasteiger partial charge in [0, 0.05) is 38.1 Å². The smallest absolute Gasteiger partial charge is 0.264 e. The van der Waals surface area contributed by atoms with Crippen molar-refractivity contribution in [3.05, 3.63) is 47.8 Å². The van der Waals surface area contributed by atoms with Crippen molar-refractivity contribution in [2.24, 2.45) is 0 Å². The lowest BCUT2D eigenvalue weighted by Crippen LogP contribution is -2.44. The van der Waals surface area contributed by atoms with Crippen molar-refractivity contribution in [3.63, 3.8) is 0 Å². The van der Waals surface area contributed by atoms with Crippen LogP contribution in [0.3, 0.4) is 0 Å². The van der Waals surface area contributed by atoms with E-state index in [1.807, 2.05) is 18.3 Å². The number of anilines is 1. The normalized spacial score (nSPS) is 19.6. The van der Waals surface area contributed by atoms with E-state index in [9.17, 15) is 8.42 Å². The molecule has 2 aliphatic heterocycles. The van der Waals surface area contributed by atoms with Crippen molar-refractivity contribution in [1.29, 1.82) is 0 Å². The second-order valence-corrected chi connectivity index (χ2v) is 7.43. The van der Waals surface area contributed by atoms with E-state index >= 15 is 0 Å². The van der Waals surface area contributed by atoms with Crippen LogP contribution in [0.5, 0.6) is 0 Å². The summed E-state index contributed by atoms with van der Waals surface area (Å²) in [6.45, 7) is 0.959. The summed E-state index contributed by atoms with van der Waals surface area (Å²) in [5.41, 5.74) is 5.24. The maximum atomic E-state index is 12.3. The Hall–Kier alpha value is -1.92. The summed E-state index contributed by atoms with van der Waals surface area (Å²) in [4.78, 5) is 4.16. The van der Waals surface area contributed by atoms with Gasteiger partial charge in [-0.15, -0.1) is 0 Å². The van der Waals surface area contributed by atoms with Gasteiger partial charge in [-0.25, -0.2) is 0 Å². The molecule has 6 heteroatoms. The second-order valence-electron chi connectivity index (χ2n) is 5.47. The summed E-state index contributed by atoms with van der Waals surface area (Å²) in [5.74, 6) is 0. The van der Waals surface area contributed by atoms with Crippen molar-refractivity contribution in [2.45, 2.75) is 13.0 Å². The maximum Gasteiger partial charge on any atom is 0.304 e. The van der Waals surface area contributed by atoms with Gasteiger partial charge in [-0.3, -0.25) is 9.29 Å².